The lowest BCUT2D eigenvalue weighted by molar-refractivity contribution is -0.126. The van der Waals surface area contributed by atoms with Crippen LogP contribution in [0.3, 0.4) is 0 Å². The molecule has 134 valence electrons. The van der Waals surface area contributed by atoms with E-state index in [9.17, 15) is 9.59 Å². The Morgan fingerprint density at radius 3 is 2.50 bits per heavy atom. The molecule has 1 aliphatic rings. The summed E-state index contributed by atoms with van der Waals surface area (Å²) in [5, 5.41) is 2.90. The Morgan fingerprint density at radius 1 is 1.29 bits per heavy atom. The Balaban J connectivity index is 0.00000288. The van der Waals surface area contributed by atoms with Gasteiger partial charge in [0.2, 0.25) is 5.91 Å². The minimum Gasteiger partial charge on any atom is -0.354 e. The molecule has 0 saturated carbocycles. The van der Waals surface area contributed by atoms with E-state index >= 15 is 0 Å². The van der Waals surface area contributed by atoms with Crippen LogP contribution in [0.2, 0.25) is 0 Å². The largest absolute Gasteiger partial charge is 0.354 e. The molecule has 1 aromatic rings. The van der Waals surface area contributed by atoms with Gasteiger partial charge < -0.3 is 16.0 Å². The van der Waals surface area contributed by atoms with Gasteiger partial charge in [-0.1, -0.05) is 17.7 Å². The van der Waals surface area contributed by atoms with E-state index in [-0.39, 0.29) is 30.1 Å². The van der Waals surface area contributed by atoms with Crippen molar-refractivity contribution >= 4 is 24.2 Å². The molecule has 0 radical (unpaired) electrons. The summed E-state index contributed by atoms with van der Waals surface area (Å²) in [5.41, 5.74) is 7.28. The van der Waals surface area contributed by atoms with Gasteiger partial charge in [-0.05, 0) is 45.7 Å². The van der Waals surface area contributed by atoms with Crippen LogP contribution in [0.15, 0.2) is 24.3 Å². The molecule has 1 aliphatic heterocycles. The molecule has 3 N–H and O–H groups in total. The number of nitrogens with one attached hydrogen (secondary N) is 1. The van der Waals surface area contributed by atoms with Crippen LogP contribution < -0.4 is 11.1 Å². The molecule has 2 amide bonds. The average Bonchev–Trinajstić information content (AvgIpc) is 2.52. The van der Waals surface area contributed by atoms with Gasteiger partial charge in [0.1, 0.15) is 0 Å². The van der Waals surface area contributed by atoms with Gasteiger partial charge in [-0.15, -0.1) is 12.4 Å². The summed E-state index contributed by atoms with van der Waals surface area (Å²) >= 11 is 0. The molecule has 0 spiro atoms. The standard InChI is InChI=1S/C18H27N3O2.ClH/c1-13-6-8-14(9-7-13)17(23)21-10-4-5-15(11-21)16(22)20-12-18(2,3)19;/h6-9,15H,4-5,10-12,19H2,1-3H3,(H,20,22);1H. The number of nitrogens with zero attached hydrogens (tertiary/aromatic N) is 1. The first-order chi connectivity index (χ1) is 10.8. The number of halogens is 1. The number of amides is 2. The molecule has 1 unspecified atom stereocenters. The van der Waals surface area contributed by atoms with Crippen LogP contribution in [0.1, 0.15) is 42.6 Å². The molecule has 6 heteroatoms. The Bertz CT molecular complexity index is 567. The first-order valence-electron chi connectivity index (χ1n) is 8.19. The highest BCUT2D eigenvalue weighted by atomic mass is 35.5. The molecule has 1 atom stereocenters. The van der Waals surface area contributed by atoms with Crippen molar-refractivity contribution in [2.24, 2.45) is 11.7 Å². The lowest BCUT2D eigenvalue weighted by Crippen LogP contribution is -2.50. The highest BCUT2D eigenvalue weighted by molar-refractivity contribution is 5.94. The van der Waals surface area contributed by atoms with Crippen molar-refractivity contribution < 1.29 is 9.59 Å². The van der Waals surface area contributed by atoms with Gasteiger partial charge in [0.05, 0.1) is 5.92 Å². The number of aryl methyl sites for hydroxylation is 1. The lowest BCUT2D eigenvalue weighted by atomic mass is 9.96. The first kappa shape index (κ1) is 20.5. The molecule has 0 aliphatic carbocycles. The van der Waals surface area contributed by atoms with Gasteiger partial charge in [-0.2, -0.15) is 0 Å². The maximum atomic E-state index is 12.6. The van der Waals surface area contributed by atoms with Crippen LogP contribution >= 0.6 is 12.4 Å². The molecule has 1 saturated heterocycles. The van der Waals surface area contributed by atoms with Crippen molar-refractivity contribution in [3.63, 3.8) is 0 Å². The van der Waals surface area contributed by atoms with E-state index in [4.69, 9.17) is 5.73 Å². The van der Waals surface area contributed by atoms with Crippen molar-refractivity contribution in [2.75, 3.05) is 19.6 Å². The number of benzene rings is 1. The zero-order valence-corrected chi connectivity index (χ0v) is 15.5. The first-order valence-corrected chi connectivity index (χ1v) is 8.19. The molecule has 1 fully saturated rings. The molecular formula is C18H28ClN3O2. The van der Waals surface area contributed by atoms with Crippen LogP contribution in [0.25, 0.3) is 0 Å². The minimum absolute atomic E-state index is 0. The van der Waals surface area contributed by atoms with Crippen LogP contribution in [0.5, 0.6) is 0 Å². The predicted octanol–water partition coefficient (Wildman–Crippen LogP) is 2.12. The fourth-order valence-electron chi connectivity index (χ4n) is 2.71. The number of hydrogen-bond donors (Lipinski definition) is 2. The van der Waals surface area contributed by atoms with Crippen molar-refractivity contribution in [1.29, 1.82) is 0 Å². The van der Waals surface area contributed by atoms with Crippen molar-refractivity contribution in [3.05, 3.63) is 35.4 Å². The fourth-order valence-corrected chi connectivity index (χ4v) is 2.71. The second kappa shape index (κ2) is 8.49. The third-order valence-electron chi connectivity index (χ3n) is 4.10. The van der Waals surface area contributed by atoms with Crippen LogP contribution in [-0.4, -0.2) is 41.9 Å². The van der Waals surface area contributed by atoms with Gasteiger partial charge >= 0.3 is 0 Å². The molecule has 2 rings (SSSR count). The Labute approximate surface area is 150 Å². The Kier molecular flexibility index (Phi) is 7.24. The zero-order chi connectivity index (χ0) is 17.0. The van der Waals surface area contributed by atoms with E-state index in [1.54, 1.807) is 4.90 Å². The number of likely N-dealkylation sites (tertiary alicyclic amines) is 1. The van der Waals surface area contributed by atoms with Crippen LogP contribution in [-0.2, 0) is 4.79 Å². The normalized spacial score (nSPS) is 17.8. The summed E-state index contributed by atoms with van der Waals surface area (Å²) in [5.74, 6) is -0.160. The number of rotatable bonds is 4. The van der Waals surface area contributed by atoms with E-state index in [0.29, 0.717) is 25.2 Å². The summed E-state index contributed by atoms with van der Waals surface area (Å²) in [6.07, 6.45) is 1.66. The maximum Gasteiger partial charge on any atom is 0.253 e. The smallest absolute Gasteiger partial charge is 0.253 e. The monoisotopic (exact) mass is 353 g/mol. The average molecular weight is 354 g/mol. The zero-order valence-electron chi connectivity index (χ0n) is 14.7. The number of piperidine rings is 1. The molecule has 0 aromatic heterocycles. The van der Waals surface area contributed by atoms with Gasteiger partial charge in [-0.25, -0.2) is 0 Å². The second-order valence-electron chi connectivity index (χ2n) is 7.16. The van der Waals surface area contributed by atoms with Crippen molar-refractivity contribution in [3.8, 4) is 0 Å². The molecule has 0 bridgehead atoms. The molecule has 1 heterocycles. The van der Waals surface area contributed by atoms with Gasteiger partial charge in [0.15, 0.2) is 0 Å². The molecule has 5 nitrogen and oxygen atoms in total. The predicted molar refractivity (Wildman–Crippen MR) is 98.3 cm³/mol. The maximum absolute atomic E-state index is 12.6. The number of hydrogen-bond acceptors (Lipinski definition) is 3. The van der Waals surface area contributed by atoms with E-state index < -0.39 is 5.54 Å². The number of carbonyl (C=O) groups excluding carboxylic acids is 2. The van der Waals surface area contributed by atoms with E-state index in [1.165, 1.54) is 0 Å². The second-order valence-corrected chi connectivity index (χ2v) is 7.16. The highest BCUT2D eigenvalue weighted by Gasteiger charge is 2.29. The van der Waals surface area contributed by atoms with E-state index in [2.05, 4.69) is 5.32 Å². The van der Waals surface area contributed by atoms with Gasteiger partial charge in [0.25, 0.3) is 5.91 Å². The summed E-state index contributed by atoms with van der Waals surface area (Å²) in [6.45, 7) is 7.37. The van der Waals surface area contributed by atoms with Gasteiger partial charge in [-0.3, -0.25) is 9.59 Å². The fraction of sp³-hybridized carbons (Fsp3) is 0.556. The summed E-state index contributed by atoms with van der Waals surface area (Å²) in [6, 6.07) is 7.56. The van der Waals surface area contributed by atoms with E-state index in [1.807, 2.05) is 45.0 Å². The Morgan fingerprint density at radius 2 is 1.92 bits per heavy atom. The minimum atomic E-state index is -0.429. The quantitative estimate of drug-likeness (QED) is 0.870. The topological polar surface area (TPSA) is 75.4 Å². The Hall–Kier alpha value is -1.59. The molecular weight excluding hydrogens is 326 g/mol. The number of nitrogens with two attached hydrogens (primary N) is 1. The SMILES string of the molecule is Cc1ccc(C(=O)N2CCCC(C(=O)NCC(C)(C)N)C2)cc1.Cl. The summed E-state index contributed by atoms with van der Waals surface area (Å²) in [7, 11) is 0. The third kappa shape index (κ3) is 5.80. The van der Waals surface area contributed by atoms with Crippen molar-refractivity contribution in [1.82, 2.24) is 10.2 Å². The highest BCUT2D eigenvalue weighted by Crippen LogP contribution is 2.19. The third-order valence-corrected chi connectivity index (χ3v) is 4.10. The lowest BCUT2D eigenvalue weighted by Gasteiger charge is -2.32. The summed E-state index contributed by atoms with van der Waals surface area (Å²) in [4.78, 5) is 26.6. The van der Waals surface area contributed by atoms with Crippen LogP contribution in [0, 0.1) is 12.8 Å². The van der Waals surface area contributed by atoms with Crippen molar-refractivity contribution in [2.45, 2.75) is 39.2 Å². The van der Waals surface area contributed by atoms with E-state index in [0.717, 1.165) is 18.4 Å². The molecule has 24 heavy (non-hydrogen) atoms. The number of carbonyl (C=O) groups is 2. The van der Waals surface area contributed by atoms with Crippen LogP contribution in [0.4, 0.5) is 0 Å². The summed E-state index contributed by atoms with van der Waals surface area (Å²) < 4.78 is 0. The van der Waals surface area contributed by atoms with Gasteiger partial charge in [0, 0.05) is 30.7 Å². The molecule has 1 aromatic carbocycles.